The number of amides is 1. The minimum absolute atomic E-state index is 0.0457. The van der Waals surface area contributed by atoms with Gasteiger partial charge in [-0.3, -0.25) is 10.1 Å². The zero-order valence-electron chi connectivity index (χ0n) is 16.9. The highest BCUT2D eigenvalue weighted by Crippen LogP contribution is 2.20. The number of hydrogen-bond donors (Lipinski definition) is 2. The number of ether oxygens (including phenoxy) is 2. The van der Waals surface area contributed by atoms with E-state index in [0.717, 1.165) is 30.7 Å². The maximum atomic E-state index is 12.7. The number of esters is 1. The average molecular weight is 430 g/mol. The van der Waals surface area contributed by atoms with Crippen LogP contribution in [-0.2, 0) is 9.47 Å². The van der Waals surface area contributed by atoms with Crippen LogP contribution in [0.5, 0.6) is 0 Å². The Hall–Kier alpha value is -2.90. The second kappa shape index (κ2) is 10.2. The number of guanidine groups is 1. The van der Waals surface area contributed by atoms with Crippen LogP contribution in [0.3, 0.4) is 0 Å². The van der Waals surface area contributed by atoms with Gasteiger partial charge in [-0.15, -0.1) is 0 Å². The van der Waals surface area contributed by atoms with E-state index in [0.29, 0.717) is 28.7 Å². The van der Waals surface area contributed by atoms with Crippen LogP contribution >= 0.6 is 11.6 Å². The molecule has 158 valence electrons. The molecule has 0 radical (unpaired) electrons. The molecule has 1 heterocycles. The molecule has 2 aromatic carbocycles. The van der Waals surface area contributed by atoms with Crippen molar-refractivity contribution in [3.05, 3.63) is 64.2 Å². The van der Waals surface area contributed by atoms with E-state index in [1.165, 1.54) is 7.11 Å². The molecule has 30 heavy (non-hydrogen) atoms. The lowest BCUT2D eigenvalue weighted by molar-refractivity contribution is 0.0600. The van der Waals surface area contributed by atoms with Crippen LogP contribution in [0.1, 0.15) is 39.1 Å². The summed E-state index contributed by atoms with van der Waals surface area (Å²) in [5.41, 5.74) is 2.47. The lowest BCUT2D eigenvalue weighted by Crippen LogP contribution is -2.37. The number of methoxy groups -OCH3 is 1. The molecule has 0 aliphatic carbocycles. The van der Waals surface area contributed by atoms with E-state index in [-0.39, 0.29) is 12.0 Å². The first kappa shape index (κ1) is 21.8. The van der Waals surface area contributed by atoms with Crippen LogP contribution in [0, 0.1) is 6.92 Å². The molecular weight excluding hydrogens is 406 g/mol. The predicted molar refractivity (Wildman–Crippen MR) is 116 cm³/mol. The summed E-state index contributed by atoms with van der Waals surface area (Å²) >= 11 is 6.03. The van der Waals surface area contributed by atoms with Gasteiger partial charge in [0.15, 0.2) is 0 Å². The summed E-state index contributed by atoms with van der Waals surface area (Å²) in [6.45, 7) is 3.09. The number of hydrogen-bond acceptors (Lipinski definition) is 5. The number of nitrogens with one attached hydrogen (secondary N) is 2. The summed E-state index contributed by atoms with van der Waals surface area (Å²) in [5.74, 6) is -0.491. The molecule has 1 aliphatic rings. The Balaban J connectivity index is 1.75. The molecule has 8 heteroatoms. The van der Waals surface area contributed by atoms with Crippen molar-refractivity contribution in [1.82, 2.24) is 5.32 Å². The minimum Gasteiger partial charge on any atom is -0.465 e. The number of halogens is 1. The van der Waals surface area contributed by atoms with Crippen molar-refractivity contribution in [2.45, 2.75) is 25.9 Å². The van der Waals surface area contributed by atoms with E-state index in [2.05, 4.69) is 20.4 Å². The van der Waals surface area contributed by atoms with E-state index in [4.69, 9.17) is 16.3 Å². The molecule has 1 unspecified atom stereocenters. The van der Waals surface area contributed by atoms with Crippen LogP contribution in [0.4, 0.5) is 5.69 Å². The Labute approximate surface area is 180 Å². The second-order valence-electron chi connectivity index (χ2n) is 6.93. The molecule has 0 bridgehead atoms. The average Bonchev–Trinajstić information content (AvgIpc) is 3.27. The Bertz CT molecular complexity index is 938. The number of aryl methyl sites for hydroxylation is 1. The van der Waals surface area contributed by atoms with Gasteiger partial charge in [-0.05, 0) is 67.8 Å². The fourth-order valence-electron chi connectivity index (χ4n) is 3.04. The number of carbonyl (C=O) groups is 2. The summed E-state index contributed by atoms with van der Waals surface area (Å²) in [7, 11) is 1.31. The van der Waals surface area contributed by atoms with Crippen molar-refractivity contribution in [3.8, 4) is 0 Å². The third-order valence-electron chi connectivity index (χ3n) is 4.72. The van der Waals surface area contributed by atoms with Gasteiger partial charge in [0, 0.05) is 22.9 Å². The molecule has 0 aromatic heterocycles. The van der Waals surface area contributed by atoms with Crippen molar-refractivity contribution >= 4 is 35.1 Å². The summed E-state index contributed by atoms with van der Waals surface area (Å²) in [6, 6.07) is 11.6. The van der Waals surface area contributed by atoms with Crippen LogP contribution < -0.4 is 10.6 Å². The van der Waals surface area contributed by atoms with Gasteiger partial charge in [-0.1, -0.05) is 11.6 Å². The molecule has 1 amide bonds. The molecule has 0 saturated carbocycles. The highest BCUT2D eigenvalue weighted by Gasteiger charge is 2.17. The number of aliphatic imine (C=N–C) groups is 1. The van der Waals surface area contributed by atoms with Crippen LogP contribution in [0.15, 0.2) is 47.5 Å². The van der Waals surface area contributed by atoms with Crippen LogP contribution in [0.25, 0.3) is 0 Å². The van der Waals surface area contributed by atoms with Crippen LogP contribution in [-0.4, -0.2) is 44.2 Å². The second-order valence-corrected chi connectivity index (χ2v) is 7.37. The van der Waals surface area contributed by atoms with Crippen molar-refractivity contribution in [2.24, 2.45) is 4.99 Å². The van der Waals surface area contributed by atoms with Gasteiger partial charge in [0.2, 0.25) is 5.96 Å². The molecule has 1 aliphatic heterocycles. The van der Waals surface area contributed by atoms with Crippen molar-refractivity contribution in [2.75, 3.05) is 25.6 Å². The summed E-state index contributed by atoms with van der Waals surface area (Å²) in [5, 5.41) is 6.60. The van der Waals surface area contributed by atoms with E-state index < -0.39 is 5.97 Å². The molecule has 7 nitrogen and oxygen atoms in total. The van der Waals surface area contributed by atoms with Crippen molar-refractivity contribution in [3.63, 3.8) is 0 Å². The summed E-state index contributed by atoms with van der Waals surface area (Å²) < 4.78 is 10.3. The number of anilines is 1. The zero-order valence-corrected chi connectivity index (χ0v) is 17.7. The third kappa shape index (κ3) is 5.81. The van der Waals surface area contributed by atoms with Gasteiger partial charge in [0.1, 0.15) is 0 Å². The predicted octanol–water partition coefficient (Wildman–Crippen LogP) is 3.81. The molecule has 0 spiro atoms. The smallest absolute Gasteiger partial charge is 0.337 e. The SMILES string of the molecule is COC(=O)c1ccc(C(=O)NC(=NCC2CCCO2)Nc2ccc(Cl)cc2C)cc1. The van der Waals surface area contributed by atoms with Gasteiger partial charge in [-0.25, -0.2) is 9.79 Å². The number of nitrogens with zero attached hydrogens (tertiary/aromatic N) is 1. The van der Waals surface area contributed by atoms with Crippen LogP contribution in [0.2, 0.25) is 5.02 Å². The quantitative estimate of drug-likeness (QED) is 0.428. The lowest BCUT2D eigenvalue weighted by Gasteiger charge is -2.15. The Kier molecular flexibility index (Phi) is 7.43. The van der Waals surface area contributed by atoms with E-state index in [9.17, 15) is 9.59 Å². The third-order valence-corrected chi connectivity index (χ3v) is 4.95. The van der Waals surface area contributed by atoms with Gasteiger partial charge in [0.05, 0.1) is 25.3 Å². The fourth-order valence-corrected chi connectivity index (χ4v) is 3.27. The standard InChI is InChI=1S/C22H24ClN3O4/c1-14-12-17(23)9-10-19(14)25-22(24-13-18-4-3-11-30-18)26-20(27)15-5-7-16(8-6-15)21(28)29-2/h5-10,12,18H,3-4,11,13H2,1-2H3,(H2,24,25,26,27). The number of benzene rings is 2. The normalized spacial score (nSPS) is 16.2. The first-order valence-electron chi connectivity index (χ1n) is 9.65. The van der Waals surface area contributed by atoms with E-state index in [1.807, 2.05) is 19.1 Å². The monoisotopic (exact) mass is 429 g/mol. The van der Waals surface area contributed by atoms with Gasteiger partial charge >= 0.3 is 5.97 Å². The highest BCUT2D eigenvalue weighted by molar-refractivity contribution is 6.30. The van der Waals surface area contributed by atoms with E-state index in [1.54, 1.807) is 30.3 Å². The molecule has 2 N–H and O–H groups in total. The molecular formula is C22H24ClN3O4. The van der Waals surface area contributed by atoms with Gasteiger partial charge in [-0.2, -0.15) is 0 Å². The molecule has 3 rings (SSSR count). The Morgan fingerprint density at radius 2 is 1.93 bits per heavy atom. The van der Waals surface area contributed by atoms with Crippen molar-refractivity contribution < 1.29 is 19.1 Å². The first-order valence-corrected chi connectivity index (χ1v) is 10.0. The van der Waals surface area contributed by atoms with Gasteiger partial charge in [0.25, 0.3) is 5.91 Å². The maximum Gasteiger partial charge on any atom is 0.337 e. The lowest BCUT2D eigenvalue weighted by atomic mass is 10.1. The fraction of sp³-hybridized carbons (Fsp3) is 0.318. The molecule has 1 fully saturated rings. The largest absolute Gasteiger partial charge is 0.465 e. The highest BCUT2D eigenvalue weighted by atomic mass is 35.5. The number of carbonyl (C=O) groups excluding carboxylic acids is 2. The number of rotatable bonds is 5. The zero-order chi connectivity index (χ0) is 21.5. The maximum absolute atomic E-state index is 12.7. The Morgan fingerprint density at radius 1 is 1.20 bits per heavy atom. The van der Waals surface area contributed by atoms with Crippen molar-refractivity contribution in [1.29, 1.82) is 0 Å². The molecule has 1 saturated heterocycles. The molecule has 1 atom stereocenters. The molecule has 2 aromatic rings. The van der Waals surface area contributed by atoms with Gasteiger partial charge < -0.3 is 14.8 Å². The Morgan fingerprint density at radius 3 is 2.57 bits per heavy atom. The first-order chi connectivity index (χ1) is 14.5. The topological polar surface area (TPSA) is 89.0 Å². The summed E-state index contributed by atoms with van der Waals surface area (Å²) in [4.78, 5) is 28.8. The summed E-state index contributed by atoms with van der Waals surface area (Å²) in [6.07, 6.45) is 2.00. The minimum atomic E-state index is -0.458. The van der Waals surface area contributed by atoms with E-state index >= 15 is 0 Å².